The van der Waals surface area contributed by atoms with Gasteiger partial charge in [-0.05, 0) is 42.3 Å². The third-order valence-electron chi connectivity index (χ3n) is 4.17. The molecule has 128 valence electrons. The number of methoxy groups -OCH3 is 1. The van der Waals surface area contributed by atoms with Gasteiger partial charge in [0, 0.05) is 36.1 Å². The Kier molecular flexibility index (Phi) is 4.84. The van der Waals surface area contributed by atoms with Crippen molar-refractivity contribution in [1.29, 1.82) is 0 Å². The topological polar surface area (TPSA) is 60.3 Å². The molecular formula is C20H20N2O3. The molecule has 1 heterocycles. The minimum atomic E-state index is -0.0870. The van der Waals surface area contributed by atoms with Crippen LogP contribution in [0.3, 0.4) is 0 Å². The van der Waals surface area contributed by atoms with Crippen molar-refractivity contribution in [2.24, 2.45) is 7.05 Å². The number of anilines is 1. The van der Waals surface area contributed by atoms with Crippen molar-refractivity contribution in [3.8, 4) is 5.75 Å². The maximum atomic E-state index is 12.3. The molecule has 3 aromatic rings. The molecule has 1 N–H and O–H groups in total. The Balaban J connectivity index is 1.74. The first-order valence-electron chi connectivity index (χ1n) is 8.09. The molecule has 0 fully saturated rings. The summed E-state index contributed by atoms with van der Waals surface area (Å²) >= 11 is 0. The van der Waals surface area contributed by atoms with Crippen molar-refractivity contribution in [2.75, 3.05) is 12.4 Å². The van der Waals surface area contributed by atoms with E-state index < -0.39 is 0 Å². The highest BCUT2D eigenvalue weighted by Crippen LogP contribution is 2.21. The summed E-state index contributed by atoms with van der Waals surface area (Å²) in [6, 6.07) is 14.9. The Bertz CT molecular complexity index is 976. The number of carbonyl (C=O) groups is 1. The minimum absolute atomic E-state index is 0.0787. The summed E-state index contributed by atoms with van der Waals surface area (Å²) in [7, 11) is 3.33. The summed E-state index contributed by atoms with van der Waals surface area (Å²) in [5.74, 6) is 0.693. The average molecular weight is 336 g/mol. The first-order valence-corrected chi connectivity index (χ1v) is 8.09. The number of carbonyl (C=O) groups excluding carboxylic acids is 1. The molecule has 1 amide bonds. The maximum Gasteiger partial charge on any atom is 0.258 e. The summed E-state index contributed by atoms with van der Waals surface area (Å²) in [6.07, 6.45) is 2.68. The summed E-state index contributed by atoms with van der Waals surface area (Å²) < 4.78 is 6.72. The van der Waals surface area contributed by atoms with Gasteiger partial charge in [0.2, 0.25) is 5.91 Å². The lowest BCUT2D eigenvalue weighted by molar-refractivity contribution is -0.116. The number of aryl methyl sites for hydroxylation is 2. The van der Waals surface area contributed by atoms with E-state index in [0.29, 0.717) is 23.9 Å². The van der Waals surface area contributed by atoms with Gasteiger partial charge in [-0.1, -0.05) is 18.2 Å². The molecule has 0 spiro atoms. The van der Waals surface area contributed by atoms with Crippen LogP contribution in [0.15, 0.2) is 59.5 Å². The van der Waals surface area contributed by atoms with Gasteiger partial charge in [-0.3, -0.25) is 9.59 Å². The highest BCUT2D eigenvalue weighted by Gasteiger charge is 2.09. The summed E-state index contributed by atoms with van der Waals surface area (Å²) in [4.78, 5) is 24.5. The number of amides is 1. The van der Waals surface area contributed by atoms with E-state index in [9.17, 15) is 9.59 Å². The lowest BCUT2D eigenvalue weighted by atomic mass is 10.1. The molecule has 0 unspecified atom stereocenters. The lowest BCUT2D eigenvalue weighted by Gasteiger charge is -2.10. The summed E-state index contributed by atoms with van der Waals surface area (Å²) in [6.45, 7) is 0. The van der Waals surface area contributed by atoms with Gasteiger partial charge in [-0.15, -0.1) is 0 Å². The smallest absolute Gasteiger partial charge is 0.258 e. The number of fused-ring (bicyclic) bond motifs is 1. The second kappa shape index (κ2) is 7.21. The van der Waals surface area contributed by atoms with E-state index in [1.54, 1.807) is 32.5 Å². The standard InChI is InChI=1S/C20H20N2O3/c1-22-12-11-16-17(20(22)24)7-4-8-18(16)21-19(23)10-9-14-5-3-6-15(13-14)25-2/h3-8,11-13H,9-10H2,1-2H3,(H,21,23). The molecular weight excluding hydrogens is 316 g/mol. The number of nitrogens with one attached hydrogen (secondary N) is 1. The predicted octanol–water partition coefficient (Wildman–Crippen LogP) is 3.12. The highest BCUT2D eigenvalue weighted by molar-refractivity contribution is 6.01. The van der Waals surface area contributed by atoms with E-state index in [2.05, 4.69) is 5.32 Å². The Morgan fingerprint density at radius 3 is 2.72 bits per heavy atom. The van der Waals surface area contributed by atoms with Crippen molar-refractivity contribution in [1.82, 2.24) is 4.57 Å². The van der Waals surface area contributed by atoms with Crippen LogP contribution >= 0.6 is 0 Å². The van der Waals surface area contributed by atoms with Crippen LogP contribution in [0.5, 0.6) is 5.75 Å². The van der Waals surface area contributed by atoms with Gasteiger partial charge >= 0.3 is 0 Å². The van der Waals surface area contributed by atoms with Crippen molar-refractivity contribution in [3.63, 3.8) is 0 Å². The summed E-state index contributed by atoms with van der Waals surface area (Å²) in [5, 5.41) is 4.26. The van der Waals surface area contributed by atoms with E-state index in [0.717, 1.165) is 16.7 Å². The van der Waals surface area contributed by atoms with Gasteiger partial charge in [-0.25, -0.2) is 0 Å². The van der Waals surface area contributed by atoms with Crippen molar-refractivity contribution >= 4 is 22.4 Å². The third-order valence-corrected chi connectivity index (χ3v) is 4.17. The van der Waals surface area contributed by atoms with Crippen LogP contribution in [0.1, 0.15) is 12.0 Å². The molecule has 0 atom stereocenters. The first-order chi connectivity index (χ1) is 12.1. The fraction of sp³-hybridized carbons (Fsp3) is 0.200. The van der Waals surface area contributed by atoms with Gasteiger partial charge < -0.3 is 14.6 Å². The number of rotatable bonds is 5. The molecule has 0 bridgehead atoms. The number of pyridine rings is 1. The maximum absolute atomic E-state index is 12.3. The predicted molar refractivity (Wildman–Crippen MR) is 99.1 cm³/mol. The first kappa shape index (κ1) is 16.8. The number of ether oxygens (including phenoxy) is 1. The molecule has 0 aliphatic heterocycles. The van der Waals surface area contributed by atoms with Crippen molar-refractivity contribution in [3.05, 3.63) is 70.6 Å². The molecule has 25 heavy (non-hydrogen) atoms. The quantitative estimate of drug-likeness (QED) is 0.779. The fourth-order valence-electron chi connectivity index (χ4n) is 2.78. The number of aromatic nitrogens is 1. The normalized spacial score (nSPS) is 10.6. The van der Waals surface area contributed by atoms with Crippen molar-refractivity contribution < 1.29 is 9.53 Å². The van der Waals surface area contributed by atoms with Crippen LogP contribution in [-0.2, 0) is 18.3 Å². The van der Waals surface area contributed by atoms with E-state index in [1.807, 2.05) is 36.4 Å². The van der Waals surface area contributed by atoms with Crippen LogP contribution in [0.2, 0.25) is 0 Å². The van der Waals surface area contributed by atoms with E-state index in [-0.39, 0.29) is 11.5 Å². The molecule has 0 saturated carbocycles. The molecule has 0 aliphatic rings. The number of hydrogen-bond donors (Lipinski definition) is 1. The highest BCUT2D eigenvalue weighted by atomic mass is 16.5. The van der Waals surface area contributed by atoms with Crippen LogP contribution in [0.25, 0.3) is 10.8 Å². The van der Waals surface area contributed by atoms with Gasteiger partial charge in [0.1, 0.15) is 5.75 Å². The zero-order valence-electron chi connectivity index (χ0n) is 14.3. The molecule has 0 aliphatic carbocycles. The number of nitrogens with zero attached hydrogens (tertiary/aromatic N) is 1. The molecule has 5 heteroatoms. The monoisotopic (exact) mass is 336 g/mol. The fourth-order valence-corrected chi connectivity index (χ4v) is 2.78. The molecule has 2 aromatic carbocycles. The molecule has 0 saturated heterocycles. The van der Waals surface area contributed by atoms with Crippen LogP contribution in [0.4, 0.5) is 5.69 Å². The van der Waals surface area contributed by atoms with Crippen LogP contribution in [0, 0.1) is 0 Å². The van der Waals surface area contributed by atoms with Gasteiger partial charge in [-0.2, -0.15) is 0 Å². The van der Waals surface area contributed by atoms with E-state index in [4.69, 9.17) is 4.74 Å². The van der Waals surface area contributed by atoms with Gasteiger partial charge in [0.05, 0.1) is 7.11 Å². The minimum Gasteiger partial charge on any atom is -0.497 e. The van der Waals surface area contributed by atoms with Crippen LogP contribution in [-0.4, -0.2) is 17.6 Å². The average Bonchev–Trinajstić information content (AvgIpc) is 2.63. The molecule has 1 aromatic heterocycles. The second-order valence-corrected chi connectivity index (χ2v) is 5.90. The third kappa shape index (κ3) is 3.71. The number of benzene rings is 2. The lowest BCUT2D eigenvalue weighted by Crippen LogP contribution is -2.17. The van der Waals surface area contributed by atoms with E-state index in [1.165, 1.54) is 4.57 Å². The zero-order chi connectivity index (χ0) is 17.8. The Morgan fingerprint density at radius 2 is 1.92 bits per heavy atom. The summed E-state index contributed by atoms with van der Waals surface area (Å²) in [5.41, 5.74) is 1.62. The molecule has 5 nitrogen and oxygen atoms in total. The molecule has 0 radical (unpaired) electrons. The molecule has 3 rings (SSSR count). The number of hydrogen-bond acceptors (Lipinski definition) is 3. The van der Waals surface area contributed by atoms with Crippen LogP contribution < -0.4 is 15.6 Å². The zero-order valence-corrected chi connectivity index (χ0v) is 14.3. The Hall–Kier alpha value is -3.08. The largest absolute Gasteiger partial charge is 0.497 e. The van der Waals surface area contributed by atoms with E-state index >= 15 is 0 Å². The Morgan fingerprint density at radius 1 is 1.12 bits per heavy atom. The Labute approximate surface area is 145 Å². The van der Waals surface area contributed by atoms with Gasteiger partial charge in [0.25, 0.3) is 5.56 Å². The second-order valence-electron chi connectivity index (χ2n) is 5.90. The van der Waals surface area contributed by atoms with Gasteiger partial charge in [0.15, 0.2) is 0 Å². The van der Waals surface area contributed by atoms with Crippen molar-refractivity contribution in [2.45, 2.75) is 12.8 Å². The SMILES string of the molecule is COc1cccc(CCC(=O)Nc2cccc3c(=O)n(C)ccc23)c1.